The second-order valence-corrected chi connectivity index (χ2v) is 10.5. The third kappa shape index (κ3) is 6.30. The summed E-state index contributed by atoms with van der Waals surface area (Å²) in [5.41, 5.74) is 1.43. The molecule has 1 saturated heterocycles. The maximum absolute atomic E-state index is 14.1. The van der Waals surface area contributed by atoms with Gasteiger partial charge in [-0.3, -0.25) is 9.59 Å². The highest BCUT2D eigenvalue weighted by Gasteiger charge is 2.37. The van der Waals surface area contributed by atoms with E-state index in [1.807, 2.05) is 45.0 Å². The fourth-order valence-electron chi connectivity index (χ4n) is 4.83. The summed E-state index contributed by atoms with van der Waals surface area (Å²) in [4.78, 5) is 29.8. The molecule has 0 aliphatic carbocycles. The van der Waals surface area contributed by atoms with Gasteiger partial charge in [0, 0.05) is 18.7 Å². The van der Waals surface area contributed by atoms with E-state index in [2.05, 4.69) is 15.6 Å². The molecule has 1 N–H and O–H groups in total. The molecule has 3 aromatic rings. The van der Waals surface area contributed by atoms with E-state index in [9.17, 15) is 9.59 Å². The Balaban J connectivity index is 1.81. The Labute approximate surface area is 234 Å². The molecule has 1 aromatic heterocycles. The second kappa shape index (κ2) is 12.5. The molecular formula is C29H39N5O6. The van der Waals surface area contributed by atoms with E-state index < -0.39 is 11.6 Å². The number of hydrogen-bond donors (Lipinski definition) is 1. The number of nitrogens with zero attached hydrogens (tertiary/aromatic N) is 4. The van der Waals surface area contributed by atoms with Crippen molar-refractivity contribution in [2.24, 2.45) is 0 Å². The van der Waals surface area contributed by atoms with Gasteiger partial charge in [-0.2, -0.15) is 0 Å². The Morgan fingerprint density at radius 2 is 1.85 bits per heavy atom. The van der Waals surface area contributed by atoms with E-state index in [0.717, 1.165) is 18.4 Å². The first kappa shape index (κ1) is 29.1. The average Bonchev–Trinajstić information content (AvgIpc) is 3.62. The lowest BCUT2D eigenvalue weighted by Gasteiger charge is -2.36. The summed E-state index contributed by atoms with van der Waals surface area (Å²) < 4.78 is 24.2. The lowest BCUT2D eigenvalue weighted by Crippen LogP contribution is -2.52. The number of carbonyl (C=O) groups is 2. The molecule has 2 atom stereocenters. The number of aromatic nitrogens is 3. The van der Waals surface area contributed by atoms with Crippen molar-refractivity contribution in [3.8, 4) is 17.2 Å². The van der Waals surface area contributed by atoms with Gasteiger partial charge in [0.15, 0.2) is 11.5 Å². The summed E-state index contributed by atoms with van der Waals surface area (Å²) in [7, 11) is 4.55. The van der Waals surface area contributed by atoms with E-state index >= 15 is 0 Å². The highest BCUT2D eigenvalue weighted by molar-refractivity contribution is 5.90. The number of ether oxygens (including phenoxy) is 4. The number of carbonyl (C=O) groups excluding carboxylic acids is 2. The molecule has 11 heteroatoms. The van der Waals surface area contributed by atoms with Gasteiger partial charge in [0.1, 0.15) is 18.1 Å². The number of methoxy groups -OCH3 is 3. The maximum Gasteiger partial charge on any atom is 0.247 e. The van der Waals surface area contributed by atoms with E-state index in [-0.39, 0.29) is 31.0 Å². The number of fused-ring (bicyclic) bond motifs is 1. The largest absolute Gasteiger partial charge is 0.493 e. The van der Waals surface area contributed by atoms with Gasteiger partial charge in [0.25, 0.3) is 0 Å². The van der Waals surface area contributed by atoms with Gasteiger partial charge in [-0.05, 0) is 62.9 Å². The molecule has 1 fully saturated rings. The molecule has 0 unspecified atom stereocenters. The first-order valence-corrected chi connectivity index (χ1v) is 13.5. The Bertz CT molecular complexity index is 1310. The van der Waals surface area contributed by atoms with Crippen LogP contribution in [0.2, 0.25) is 0 Å². The lowest BCUT2D eigenvalue weighted by atomic mass is 9.97. The summed E-state index contributed by atoms with van der Waals surface area (Å²) in [6, 6.07) is 9.86. The SMILES string of the molecule is CCC(C)(C)NC(=O)[C@H](c1cc(OC)c(OC)c(OC)c1)N(C[C@@H]1CCCO1)C(=O)Cn1nnc2ccccc21. The Morgan fingerprint density at radius 1 is 1.15 bits per heavy atom. The first-order valence-electron chi connectivity index (χ1n) is 13.5. The Hall–Kier alpha value is -3.86. The third-order valence-electron chi connectivity index (χ3n) is 7.36. The lowest BCUT2D eigenvalue weighted by molar-refractivity contribution is -0.144. The van der Waals surface area contributed by atoms with E-state index in [1.165, 1.54) is 21.3 Å². The van der Waals surface area contributed by atoms with Crippen LogP contribution in [0, 0.1) is 0 Å². The zero-order valence-electron chi connectivity index (χ0n) is 24.1. The quantitative estimate of drug-likeness (QED) is 0.362. The predicted octanol–water partition coefficient (Wildman–Crippen LogP) is 3.51. The summed E-state index contributed by atoms with van der Waals surface area (Å²) in [5.74, 6) is 0.547. The molecule has 0 saturated carbocycles. The maximum atomic E-state index is 14.1. The highest BCUT2D eigenvalue weighted by Crippen LogP contribution is 2.41. The van der Waals surface area contributed by atoms with Crippen LogP contribution in [0.15, 0.2) is 36.4 Å². The van der Waals surface area contributed by atoms with Gasteiger partial charge >= 0.3 is 0 Å². The van der Waals surface area contributed by atoms with Gasteiger partial charge in [-0.1, -0.05) is 24.3 Å². The molecular weight excluding hydrogens is 514 g/mol. The van der Waals surface area contributed by atoms with Gasteiger partial charge in [-0.25, -0.2) is 4.68 Å². The smallest absolute Gasteiger partial charge is 0.247 e. The van der Waals surface area contributed by atoms with Gasteiger partial charge in [0.05, 0.1) is 33.0 Å². The number of para-hydroxylation sites is 1. The van der Waals surface area contributed by atoms with Crippen molar-refractivity contribution >= 4 is 22.8 Å². The average molecular weight is 554 g/mol. The minimum Gasteiger partial charge on any atom is -0.493 e. The van der Waals surface area contributed by atoms with Crippen molar-refractivity contribution in [1.82, 2.24) is 25.2 Å². The summed E-state index contributed by atoms with van der Waals surface area (Å²) in [6.07, 6.45) is 2.18. The summed E-state index contributed by atoms with van der Waals surface area (Å²) in [6.45, 7) is 6.64. The van der Waals surface area contributed by atoms with Crippen molar-refractivity contribution in [3.63, 3.8) is 0 Å². The molecule has 2 amide bonds. The Kier molecular flexibility index (Phi) is 9.14. The van der Waals surface area contributed by atoms with Crippen molar-refractivity contribution in [2.75, 3.05) is 34.5 Å². The molecule has 2 heterocycles. The van der Waals surface area contributed by atoms with E-state index in [4.69, 9.17) is 18.9 Å². The van der Waals surface area contributed by atoms with Crippen LogP contribution in [0.3, 0.4) is 0 Å². The van der Waals surface area contributed by atoms with Crippen LogP contribution in [0.1, 0.15) is 51.6 Å². The molecule has 40 heavy (non-hydrogen) atoms. The fraction of sp³-hybridized carbons (Fsp3) is 0.517. The molecule has 216 valence electrons. The van der Waals surface area contributed by atoms with Crippen LogP contribution in [0.5, 0.6) is 17.2 Å². The predicted molar refractivity (Wildman–Crippen MR) is 150 cm³/mol. The van der Waals surface area contributed by atoms with Crippen molar-refractivity contribution in [2.45, 2.75) is 64.3 Å². The van der Waals surface area contributed by atoms with Gasteiger partial charge in [-0.15, -0.1) is 5.10 Å². The zero-order valence-corrected chi connectivity index (χ0v) is 24.1. The summed E-state index contributed by atoms with van der Waals surface area (Å²) >= 11 is 0. The standard InChI is InChI=1S/C29H39N5O6/c1-7-29(2,3)30-28(36)26(19-15-23(37-4)27(39-6)24(16-19)38-5)33(17-20-11-10-14-40-20)25(35)18-34-22-13-9-8-12-21(22)31-32-34/h8-9,12-13,15-16,20,26H,7,10-11,14,17-18H2,1-6H3,(H,30,36)/t20-,26-/m0/s1. The van der Waals surface area contributed by atoms with Crippen LogP contribution in [0.25, 0.3) is 11.0 Å². The van der Waals surface area contributed by atoms with Crippen molar-refractivity contribution < 1.29 is 28.5 Å². The number of rotatable bonds is 12. The number of benzene rings is 2. The normalized spacial score (nSPS) is 16.0. The van der Waals surface area contributed by atoms with E-state index in [0.29, 0.717) is 41.4 Å². The number of amides is 2. The molecule has 0 bridgehead atoms. The fourth-order valence-corrected chi connectivity index (χ4v) is 4.83. The molecule has 2 aromatic carbocycles. The third-order valence-corrected chi connectivity index (χ3v) is 7.36. The monoisotopic (exact) mass is 553 g/mol. The second-order valence-electron chi connectivity index (χ2n) is 10.5. The number of nitrogens with one attached hydrogen (secondary N) is 1. The molecule has 0 radical (unpaired) electrons. The minimum absolute atomic E-state index is 0.0986. The highest BCUT2D eigenvalue weighted by atomic mass is 16.5. The topological polar surface area (TPSA) is 117 Å². The van der Waals surface area contributed by atoms with Crippen molar-refractivity contribution in [3.05, 3.63) is 42.0 Å². The summed E-state index contributed by atoms with van der Waals surface area (Å²) in [5, 5.41) is 11.5. The molecule has 1 aliphatic heterocycles. The van der Waals surface area contributed by atoms with E-state index in [1.54, 1.807) is 21.7 Å². The molecule has 0 spiro atoms. The molecule has 4 rings (SSSR count). The van der Waals surface area contributed by atoms with Gasteiger partial charge < -0.3 is 29.2 Å². The molecule has 1 aliphatic rings. The first-order chi connectivity index (χ1) is 19.2. The van der Waals surface area contributed by atoms with Crippen LogP contribution in [-0.2, 0) is 20.9 Å². The van der Waals surface area contributed by atoms with Gasteiger partial charge in [0.2, 0.25) is 17.6 Å². The minimum atomic E-state index is -1.01. The zero-order chi connectivity index (χ0) is 28.9. The van der Waals surface area contributed by atoms with Crippen LogP contribution < -0.4 is 19.5 Å². The Morgan fingerprint density at radius 3 is 2.45 bits per heavy atom. The number of hydrogen-bond acceptors (Lipinski definition) is 8. The van der Waals surface area contributed by atoms with Crippen LogP contribution in [-0.4, -0.2) is 77.8 Å². The molecule has 11 nitrogen and oxygen atoms in total. The van der Waals surface area contributed by atoms with Crippen molar-refractivity contribution in [1.29, 1.82) is 0 Å². The van der Waals surface area contributed by atoms with Crippen LogP contribution in [0.4, 0.5) is 0 Å². The van der Waals surface area contributed by atoms with Crippen LogP contribution >= 0.6 is 0 Å².